The molecule has 0 amide bonds. The molecule has 3 rings (SSSR count). The molecule has 0 aliphatic heterocycles. The lowest BCUT2D eigenvalue weighted by Crippen LogP contribution is -2.14. The molecule has 0 aliphatic carbocycles. The normalized spacial score (nSPS) is 12.3. The van der Waals surface area contributed by atoms with Crippen LogP contribution in [-0.2, 0) is 22.2 Å². The van der Waals surface area contributed by atoms with E-state index in [2.05, 4.69) is 9.97 Å². The van der Waals surface area contributed by atoms with Crippen molar-refractivity contribution in [1.82, 2.24) is 14.5 Å². The van der Waals surface area contributed by atoms with Crippen molar-refractivity contribution in [2.24, 2.45) is 0 Å². The van der Waals surface area contributed by atoms with Gasteiger partial charge in [-0.15, -0.1) is 0 Å². The van der Waals surface area contributed by atoms with Gasteiger partial charge >= 0.3 is 6.18 Å². The molecule has 0 spiro atoms. The van der Waals surface area contributed by atoms with Crippen LogP contribution in [0.15, 0.2) is 40.6 Å². The molecule has 0 bridgehead atoms. The summed E-state index contributed by atoms with van der Waals surface area (Å²) in [5.41, 5.74) is 0.182. The summed E-state index contributed by atoms with van der Waals surface area (Å²) in [4.78, 5) is 8.32. The fourth-order valence-corrected chi connectivity index (χ4v) is 4.02. The largest absolute Gasteiger partial charge is 0.417 e. The lowest BCUT2D eigenvalue weighted by atomic mass is 10.2. The van der Waals surface area contributed by atoms with Crippen molar-refractivity contribution in [2.75, 3.05) is 14.2 Å². The molecule has 1 aromatic carbocycles. The fourth-order valence-electron chi connectivity index (χ4n) is 2.86. The van der Waals surface area contributed by atoms with Gasteiger partial charge < -0.3 is 14.0 Å². The first-order chi connectivity index (χ1) is 14.2. The molecule has 2 heterocycles. The minimum absolute atomic E-state index is 0.140. The number of fused-ring (bicyclic) bond motifs is 1. The lowest BCUT2D eigenvalue weighted by Gasteiger charge is -2.14. The minimum atomic E-state index is -4.54. The number of halogens is 5. The van der Waals surface area contributed by atoms with Gasteiger partial charge in [-0.3, -0.25) is 0 Å². The summed E-state index contributed by atoms with van der Waals surface area (Å²) in [7, 11) is 3.07. The Morgan fingerprint density at radius 1 is 1.20 bits per heavy atom. The molecule has 11 heteroatoms. The predicted molar refractivity (Wildman–Crippen MR) is 105 cm³/mol. The number of nitrogens with zero attached hydrogens (tertiary/aromatic N) is 3. The van der Waals surface area contributed by atoms with E-state index in [1.807, 2.05) is 0 Å². The van der Waals surface area contributed by atoms with Crippen LogP contribution in [0.3, 0.4) is 0 Å². The molecule has 30 heavy (non-hydrogen) atoms. The number of alkyl halides is 3. The lowest BCUT2D eigenvalue weighted by molar-refractivity contribution is -0.137. The van der Waals surface area contributed by atoms with E-state index in [9.17, 15) is 17.6 Å². The van der Waals surface area contributed by atoms with Gasteiger partial charge in [-0.05, 0) is 42.4 Å². The molecule has 0 N–H and O–H groups in total. The Balaban J connectivity index is 1.91. The third-order valence-electron chi connectivity index (χ3n) is 4.35. The molecule has 2 aromatic heterocycles. The zero-order valence-corrected chi connectivity index (χ0v) is 17.6. The van der Waals surface area contributed by atoms with Gasteiger partial charge in [0.05, 0.1) is 21.6 Å². The summed E-state index contributed by atoms with van der Waals surface area (Å²) >= 11 is 7.05. The molecular weight excluding hydrogens is 446 g/mol. The molecule has 0 fully saturated rings. The van der Waals surface area contributed by atoms with Gasteiger partial charge in [0.1, 0.15) is 10.8 Å². The SMILES string of the molecule is COC(CCCn1c(Sc2ncc(C(F)(F)F)cc2Cl)nc2ccc(F)cc21)OC. The van der Waals surface area contributed by atoms with Gasteiger partial charge in [0.2, 0.25) is 0 Å². The van der Waals surface area contributed by atoms with Crippen LogP contribution in [0, 0.1) is 5.82 Å². The molecule has 5 nitrogen and oxygen atoms in total. The zero-order valence-electron chi connectivity index (χ0n) is 16.0. The average Bonchev–Trinajstić information content (AvgIpc) is 3.02. The summed E-state index contributed by atoms with van der Waals surface area (Å²) in [6, 6.07) is 5.02. The van der Waals surface area contributed by atoms with Crippen LogP contribution >= 0.6 is 23.4 Å². The topological polar surface area (TPSA) is 49.2 Å². The van der Waals surface area contributed by atoms with Crippen LogP contribution in [0.5, 0.6) is 0 Å². The summed E-state index contributed by atoms with van der Waals surface area (Å²) in [6.45, 7) is 0.462. The van der Waals surface area contributed by atoms with E-state index in [1.165, 1.54) is 26.4 Å². The van der Waals surface area contributed by atoms with Crippen LogP contribution in [-0.4, -0.2) is 35.0 Å². The minimum Gasteiger partial charge on any atom is -0.356 e. The van der Waals surface area contributed by atoms with Gasteiger partial charge in [0.25, 0.3) is 0 Å². The molecule has 0 atom stereocenters. The van der Waals surface area contributed by atoms with E-state index in [4.69, 9.17) is 21.1 Å². The van der Waals surface area contributed by atoms with E-state index in [-0.39, 0.29) is 16.3 Å². The maximum absolute atomic E-state index is 13.8. The van der Waals surface area contributed by atoms with E-state index in [0.717, 1.165) is 24.0 Å². The third kappa shape index (κ3) is 5.23. The van der Waals surface area contributed by atoms with Crippen molar-refractivity contribution in [1.29, 1.82) is 0 Å². The number of hydrogen-bond acceptors (Lipinski definition) is 5. The predicted octanol–water partition coefficient (Wildman–Crippen LogP) is 5.79. The molecule has 0 saturated heterocycles. The Labute approximate surface area is 179 Å². The molecule has 162 valence electrons. The third-order valence-corrected chi connectivity index (χ3v) is 5.76. The first-order valence-corrected chi connectivity index (χ1v) is 10.0. The van der Waals surface area contributed by atoms with Gasteiger partial charge in [0.15, 0.2) is 11.4 Å². The number of rotatable bonds is 8. The molecular formula is C19H18ClF4N3O2S. The Morgan fingerprint density at radius 3 is 2.57 bits per heavy atom. The van der Waals surface area contributed by atoms with Crippen molar-refractivity contribution >= 4 is 34.4 Å². The highest BCUT2D eigenvalue weighted by Crippen LogP contribution is 2.37. The average molecular weight is 464 g/mol. The van der Waals surface area contributed by atoms with Crippen molar-refractivity contribution in [3.05, 3.63) is 46.9 Å². The van der Waals surface area contributed by atoms with Gasteiger partial charge in [-0.1, -0.05) is 11.6 Å². The second-order valence-electron chi connectivity index (χ2n) is 6.33. The van der Waals surface area contributed by atoms with Crippen molar-refractivity contribution in [3.63, 3.8) is 0 Å². The summed E-state index contributed by atoms with van der Waals surface area (Å²) in [5.74, 6) is -0.419. The second kappa shape index (κ2) is 9.51. The van der Waals surface area contributed by atoms with Gasteiger partial charge in [-0.25, -0.2) is 14.4 Å². The van der Waals surface area contributed by atoms with E-state index in [1.54, 1.807) is 10.6 Å². The maximum atomic E-state index is 13.8. The molecule has 3 aromatic rings. The Bertz CT molecular complexity index is 1020. The van der Waals surface area contributed by atoms with Gasteiger partial charge in [-0.2, -0.15) is 13.2 Å². The summed E-state index contributed by atoms with van der Waals surface area (Å²) in [6.07, 6.45) is -2.97. The van der Waals surface area contributed by atoms with E-state index in [0.29, 0.717) is 35.6 Å². The number of benzene rings is 1. The van der Waals surface area contributed by atoms with Crippen molar-refractivity contribution in [2.45, 2.75) is 42.0 Å². The first kappa shape index (κ1) is 22.8. The molecule has 0 saturated carbocycles. The van der Waals surface area contributed by atoms with E-state index >= 15 is 0 Å². The van der Waals surface area contributed by atoms with Crippen molar-refractivity contribution < 1.29 is 27.0 Å². The van der Waals surface area contributed by atoms with Crippen LogP contribution in [0.1, 0.15) is 18.4 Å². The standard InChI is InChI=1S/C19H18ClF4N3O2S/c1-28-16(29-2)4-3-7-27-15-9-12(21)5-6-14(15)26-18(27)30-17-13(20)8-11(10-25-17)19(22,23)24/h5-6,8-10,16H,3-4,7H2,1-2H3. The van der Waals surface area contributed by atoms with Gasteiger partial charge in [0, 0.05) is 33.4 Å². The molecule has 0 aliphatic rings. The zero-order chi connectivity index (χ0) is 21.9. The van der Waals surface area contributed by atoms with Crippen LogP contribution in [0.4, 0.5) is 17.6 Å². The molecule has 0 unspecified atom stereocenters. The highest BCUT2D eigenvalue weighted by Gasteiger charge is 2.31. The van der Waals surface area contributed by atoms with E-state index < -0.39 is 17.6 Å². The number of hydrogen-bond donors (Lipinski definition) is 0. The van der Waals surface area contributed by atoms with Crippen LogP contribution in [0.25, 0.3) is 11.0 Å². The highest BCUT2D eigenvalue weighted by molar-refractivity contribution is 7.99. The Morgan fingerprint density at radius 2 is 1.93 bits per heavy atom. The molecule has 0 radical (unpaired) electrons. The highest BCUT2D eigenvalue weighted by atomic mass is 35.5. The summed E-state index contributed by atoms with van der Waals surface area (Å²) < 4.78 is 64.5. The first-order valence-electron chi connectivity index (χ1n) is 8.85. The maximum Gasteiger partial charge on any atom is 0.417 e. The second-order valence-corrected chi connectivity index (χ2v) is 7.70. The number of imidazole rings is 1. The smallest absolute Gasteiger partial charge is 0.356 e. The number of aryl methyl sites for hydroxylation is 1. The quantitative estimate of drug-likeness (QED) is 0.312. The van der Waals surface area contributed by atoms with Crippen LogP contribution in [0.2, 0.25) is 5.02 Å². The number of pyridine rings is 1. The Hall–Kier alpha value is -1.88. The Kier molecular flexibility index (Phi) is 7.22. The number of methoxy groups -OCH3 is 2. The number of aromatic nitrogens is 3. The van der Waals surface area contributed by atoms with Crippen molar-refractivity contribution in [3.8, 4) is 0 Å². The number of ether oxygens (including phenoxy) is 2. The van der Waals surface area contributed by atoms with Crippen LogP contribution < -0.4 is 0 Å². The summed E-state index contributed by atoms with van der Waals surface area (Å²) in [5, 5.41) is 0.475. The monoisotopic (exact) mass is 463 g/mol. The fraction of sp³-hybridized carbons (Fsp3) is 0.368.